The van der Waals surface area contributed by atoms with E-state index in [1.807, 2.05) is 34.9 Å². The van der Waals surface area contributed by atoms with E-state index < -0.39 is 17.7 Å². The Balaban J connectivity index is 1.74. The molecular formula is C25H17F3N2O3. The summed E-state index contributed by atoms with van der Waals surface area (Å²) in [7, 11) is 1.26. The highest BCUT2D eigenvalue weighted by atomic mass is 19.4. The molecule has 0 radical (unpaired) electrons. The fraction of sp³-hybridized carbons (Fsp3) is 0.120. The number of esters is 1. The van der Waals surface area contributed by atoms with Crippen molar-refractivity contribution in [1.82, 2.24) is 4.57 Å². The van der Waals surface area contributed by atoms with E-state index in [1.54, 1.807) is 18.3 Å². The first-order valence-electron chi connectivity index (χ1n) is 9.84. The normalized spacial score (nSPS) is 12.0. The van der Waals surface area contributed by atoms with Crippen molar-refractivity contribution in [2.24, 2.45) is 0 Å². The number of aromatic nitrogens is 1. The maximum absolute atomic E-state index is 13.1. The van der Waals surface area contributed by atoms with E-state index in [0.717, 1.165) is 23.0 Å². The van der Waals surface area contributed by atoms with Crippen molar-refractivity contribution < 1.29 is 27.1 Å². The van der Waals surface area contributed by atoms with E-state index in [0.29, 0.717) is 17.9 Å². The van der Waals surface area contributed by atoms with Crippen LogP contribution in [0.25, 0.3) is 22.6 Å². The lowest BCUT2D eigenvalue weighted by molar-refractivity contribution is -0.137. The summed E-state index contributed by atoms with van der Waals surface area (Å²) >= 11 is 0. The SMILES string of the molecule is COC(=O)c1ccc(Cn2cc(/C=C(/C#N)c3cccc(C(F)(F)F)c3)c3ccccc32)o1. The van der Waals surface area contributed by atoms with Crippen LogP contribution in [-0.2, 0) is 17.5 Å². The zero-order valence-corrected chi connectivity index (χ0v) is 17.4. The number of allylic oxidation sites excluding steroid dienone is 1. The van der Waals surface area contributed by atoms with Gasteiger partial charge in [-0.1, -0.05) is 30.3 Å². The van der Waals surface area contributed by atoms with Gasteiger partial charge in [0.25, 0.3) is 0 Å². The van der Waals surface area contributed by atoms with Gasteiger partial charge in [-0.25, -0.2) is 4.79 Å². The van der Waals surface area contributed by atoms with Gasteiger partial charge in [-0.15, -0.1) is 0 Å². The van der Waals surface area contributed by atoms with Crippen molar-refractivity contribution in [1.29, 1.82) is 5.26 Å². The molecule has 8 heteroatoms. The number of para-hydroxylation sites is 1. The lowest BCUT2D eigenvalue weighted by Gasteiger charge is -2.08. The number of alkyl halides is 3. The fourth-order valence-electron chi connectivity index (χ4n) is 3.56. The Labute approximate surface area is 186 Å². The van der Waals surface area contributed by atoms with Gasteiger partial charge in [0.2, 0.25) is 5.76 Å². The minimum atomic E-state index is -4.50. The third kappa shape index (κ3) is 4.53. The van der Waals surface area contributed by atoms with Crippen molar-refractivity contribution in [3.63, 3.8) is 0 Å². The van der Waals surface area contributed by atoms with Crippen molar-refractivity contribution in [2.45, 2.75) is 12.7 Å². The Kier molecular flexibility index (Phi) is 5.80. The first-order chi connectivity index (χ1) is 15.8. The summed E-state index contributed by atoms with van der Waals surface area (Å²) in [6.07, 6.45) is -1.15. The molecule has 4 rings (SSSR count). The number of hydrogen-bond acceptors (Lipinski definition) is 4. The lowest BCUT2D eigenvalue weighted by Crippen LogP contribution is -2.04. The van der Waals surface area contributed by atoms with Gasteiger partial charge in [0.15, 0.2) is 0 Å². The smallest absolute Gasteiger partial charge is 0.416 e. The molecule has 0 bridgehead atoms. The predicted octanol–water partition coefficient (Wildman–Crippen LogP) is 6.15. The van der Waals surface area contributed by atoms with Crippen LogP contribution >= 0.6 is 0 Å². The highest BCUT2D eigenvalue weighted by molar-refractivity contribution is 5.98. The molecule has 0 amide bonds. The van der Waals surface area contributed by atoms with Crippen LogP contribution in [0.1, 0.15) is 33.0 Å². The molecule has 0 saturated heterocycles. The highest BCUT2D eigenvalue weighted by Crippen LogP contribution is 2.32. The first-order valence-corrected chi connectivity index (χ1v) is 9.84. The summed E-state index contributed by atoms with van der Waals surface area (Å²) in [5.74, 6) is 0.0208. The van der Waals surface area contributed by atoms with Crippen LogP contribution in [0, 0.1) is 11.3 Å². The van der Waals surface area contributed by atoms with Crippen LogP contribution in [0.2, 0.25) is 0 Å². The second-order valence-electron chi connectivity index (χ2n) is 7.24. The van der Waals surface area contributed by atoms with E-state index >= 15 is 0 Å². The van der Waals surface area contributed by atoms with Gasteiger partial charge in [-0.3, -0.25) is 0 Å². The average Bonchev–Trinajstić information content (AvgIpc) is 3.42. The van der Waals surface area contributed by atoms with Gasteiger partial charge in [0, 0.05) is 22.7 Å². The first kappa shape index (κ1) is 22.0. The molecule has 0 aliphatic heterocycles. The van der Waals surface area contributed by atoms with Crippen LogP contribution in [0.15, 0.2) is 71.3 Å². The Morgan fingerprint density at radius 3 is 2.67 bits per heavy atom. The van der Waals surface area contributed by atoms with Gasteiger partial charge in [-0.2, -0.15) is 18.4 Å². The van der Waals surface area contributed by atoms with E-state index in [-0.39, 0.29) is 16.9 Å². The molecule has 2 heterocycles. The Hall–Kier alpha value is -4.25. The van der Waals surface area contributed by atoms with Crippen molar-refractivity contribution in [3.05, 3.63) is 95.1 Å². The summed E-state index contributed by atoms with van der Waals surface area (Å²) in [4.78, 5) is 11.6. The molecule has 2 aromatic heterocycles. The molecule has 0 fully saturated rings. The van der Waals surface area contributed by atoms with E-state index in [9.17, 15) is 23.2 Å². The monoisotopic (exact) mass is 450 g/mol. The van der Waals surface area contributed by atoms with Crippen LogP contribution in [0.5, 0.6) is 0 Å². The fourth-order valence-corrected chi connectivity index (χ4v) is 3.56. The summed E-state index contributed by atoms with van der Waals surface area (Å²) in [6, 6.07) is 17.3. The molecule has 0 unspecified atom stereocenters. The summed E-state index contributed by atoms with van der Waals surface area (Å²) in [6.45, 7) is 0.302. The number of benzene rings is 2. The molecule has 0 atom stereocenters. The van der Waals surface area contributed by atoms with E-state index in [2.05, 4.69) is 4.74 Å². The number of hydrogen-bond donors (Lipinski definition) is 0. The van der Waals surface area contributed by atoms with Crippen LogP contribution in [0.3, 0.4) is 0 Å². The highest BCUT2D eigenvalue weighted by Gasteiger charge is 2.30. The Morgan fingerprint density at radius 2 is 1.94 bits per heavy atom. The maximum Gasteiger partial charge on any atom is 0.416 e. The standard InChI is InChI=1S/C25H17F3N2O3/c1-32-24(31)23-10-9-20(33-23)15-30-14-18(21-7-2-3-8-22(21)30)11-17(13-29)16-5-4-6-19(12-16)25(26,27)28/h2-12,14H,15H2,1H3/b17-11-. The van der Waals surface area contributed by atoms with Gasteiger partial charge in [-0.05, 0) is 42.0 Å². The van der Waals surface area contributed by atoms with Crippen molar-refractivity contribution >= 4 is 28.5 Å². The largest absolute Gasteiger partial charge is 0.463 e. The molecule has 0 N–H and O–H groups in total. The average molecular weight is 450 g/mol. The maximum atomic E-state index is 13.1. The topological polar surface area (TPSA) is 68.2 Å². The number of furan rings is 1. The van der Waals surface area contributed by atoms with E-state index in [4.69, 9.17) is 4.42 Å². The van der Waals surface area contributed by atoms with Crippen LogP contribution in [-0.4, -0.2) is 17.6 Å². The molecule has 5 nitrogen and oxygen atoms in total. The number of fused-ring (bicyclic) bond motifs is 1. The number of carbonyl (C=O) groups excluding carboxylic acids is 1. The Bertz CT molecular complexity index is 1400. The molecule has 4 aromatic rings. The number of halogens is 3. The lowest BCUT2D eigenvalue weighted by atomic mass is 10.0. The summed E-state index contributed by atoms with van der Waals surface area (Å²) in [5.41, 5.74) is 0.969. The number of rotatable bonds is 5. The molecular weight excluding hydrogens is 433 g/mol. The molecule has 2 aromatic carbocycles. The number of nitrogens with zero attached hydrogens (tertiary/aromatic N) is 2. The quantitative estimate of drug-likeness (QED) is 0.270. The van der Waals surface area contributed by atoms with Crippen molar-refractivity contribution in [3.8, 4) is 6.07 Å². The minimum Gasteiger partial charge on any atom is -0.463 e. The van der Waals surface area contributed by atoms with Crippen molar-refractivity contribution in [2.75, 3.05) is 7.11 Å². The second kappa shape index (κ2) is 8.71. The number of carbonyl (C=O) groups is 1. The molecule has 33 heavy (non-hydrogen) atoms. The zero-order valence-electron chi connectivity index (χ0n) is 17.4. The van der Waals surface area contributed by atoms with Gasteiger partial charge in [0.05, 0.1) is 30.9 Å². The third-order valence-corrected chi connectivity index (χ3v) is 5.12. The minimum absolute atomic E-state index is 0.0837. The number of nitriles is 1. The molecule has 0 spiro atoms. The van der Waals surface area contributed by atoms with Crippen LogP contribution in [0.4, 0.5) is 13.2 Å². The number of methoxy groups -OCH3 is 1. The number of ether oxygens (including phenoxy) is 1. The Morgan fingerprint density at radius 1 is 1.15 bits per heavy atom. The molecule has 0 saturated carbocycles. The second-order valence-corrected chi connectivity index (χ2v) is 7.24. The molecule has 0 aliphatic carbocycles. The zero-order chi connectivity index (χ0) is 23.6. The third-order valence-electron chi connectivity index (χ3n) is 5.12. The van der Waals surface area contributed by atoms with Gasteiger partial charge < -0.3 is 13.7 Å². The molecule has 0 aliphatic rings. The predicted molar refractivity (Wildman–Crippen MR) is 116 cm³/mol. The summed E-state index contributed by atoms with van der Waals surface area (Å²) in [5, 5.41) is 10.5. The van der Waals surface area contributed by atoms with E-state index in [1.165, 1.54) is 25.3 Å². The molecule has 166 valence electrons. The van der Waals surface area contributed by atoms with Gasteiger partial charge >= 0.3 is 12.1 Å². The summed E-state index contributed by atoms with van der Waals surface area (Å²) < 4.78 is 51.4. The van der Waals surface area contributed by atoms with Gasteiger partial charge in [0.1, 0.15) is 5.76 Å². The van der Waals surface area contributed by atoms with Crippen LogP contribution < -0.4 is 0 Å².